The zero-order valence-electron chi connectivity index (χ0n) is 9.82. The summed E-state index contributed by atoms with van der Waals surface area (Å²) in [4.78, 5) is 0. The molecule has 1 nitrogen and oxygen atoms in total. The van der Waals surface area contributed by atoms with Gasteiger partial charge in [0.15, 0.2) is 0 Å². The maximum Gasteiger partial charge on any atom is 0.00937 e. The zero-order valence-corrected chi connectivity index (χ0v) is 9.82. The van der Waals surface area contributed by atoms with Gasteiger partial charge in [-0.1, -0.05) is 13.8 Å². The molecule has 0 aliphatic heterocycles. The molecule has 0 bridgehead atoms. The van der Waals surface area contributed by atoms with Gasteiger partial charge in [0.05, 0.1) is 0 Å². The first-order valence-corrected chi connectivity index (χ1v) is 5.83. The van der Waals surface area contributed by atoms with Crippen molar-refractivity contribution in [2.24, 2.45) is 5.41 Å². The predicted molar refractivity (Wildman–Crippen MR) is 62.1 cm³/mol. The van der Waals surface area contributed by atoms with E-state index in [1.807, 2.05) is 6.92 Å². The molecule has 0 aromatic carbocycles. The van der Waals surface area contributed by atoms with Crippen LogP contribution in [0.25, 0.3) is 0 Å². The molecule has 1 aliphatic rings. The Bertz CT molecular complexity index is 223. The Balaban J connectivity index is 2.32. The van der Waals surface area contributed by atoms with E-state index in [2.05, 4.69) is 31.0 Å². The molecule has 1 aliphatic carbocycles. The van der Waals surface area contributed by atoms with E-state index in [9.17, 15) is 0 Å². The minimum atomic E-state index is 0.552. The third kappa shape index (κ3) is 3.35. The highest BCUT2D eigenvalue weighted by Crippen LogP contribution is 2.41. The number of hydrogen-bond donors (Lipinski definition) is 1. The molecule has 14 heavy (non-hydrogen) atoms. The SMILES string of the molecule is CC#CCCC1(C)CCC(NCC)C1. The van der Waals surface area contributed by atoms with Crippen LogP contribution in [0.3, 0.4) is 0 Å². The van der Waals surface area contributed by atoms with Crippen molar-refractivity contribution in [3.63, 3.8) is 0 Å². The van der Waals surface area contributed by atoms with Gasteiger partial charge >= 0.3 is 0 Å². The number of hydrogen-bond acceptors (Lipinski definition) is 1. The lowest BCUT2D eigenvalue weighted by molar-refractivity contribution is 0.302. The van der Waals surface area contributed by atoms with Crippen LogP contribution in [0.1, 0.15) is 52.9 Å². The molecule has 0 aromatic heterocycles. The largest absolute Gasteiger partial charge is 0.314 e. The van der Waals surface area contributed by atoms with E-state index in [4.69, 9.17) is 0 Å². The highest BCUT2D eigenvalue weighted by molar-refractivity contribution is 4.98. The van der Waals surface area contributed by atoms with Crippen LogP contribution in [-0.4, -0.2) is 12.6 Å². The first-order chi connectivity index (χ1) is 6.70. The second kappa shape index (κ2) is 5.41. The fourth-order valence-electron chi connectivity index (χ4n) is 2.50. The first-order valence-electron chi connectivity index (χ1n) is 5.83. The van der Waals surface area contributed by atoms with E-state index in [1.54, 1.807) is 0 Å². The fraction of sp³-hybridized carbons (Fsp3) is 0.846. The predicted octanol–water partition coefficient (Wildman–Crippen LogP) is 2.96. The highest BCUT2D eigenvalue weighted by atomic mass is 14.9. The molecule has 1 saturated carbocycles. The molecule has 1 rings (SSSR count). The molecular weight excluding hydrogens is 170 g/mol. The molecule has 1 fully saturated rings. The summed E-state index contributed by atoms with van der Waals surface area (Å²) >= 11 is 0. The van der Waals surface area contributed by atoms with Crippen molar-refractivity contribution in [1.29, 1.82) is 0 Å². The topological polar surface area (TPSA) is 12.0 Å². The van der Waals surface area contributed by atoms with Gasteiger partial charge in [-0.25, -0.2) is 0 Å². The van der Waals surface area contributed by atoms with Crippen molar-refractivity contribution in [2.75, 3.05) is 6.54 Å². The summed E-state index contributed by atoms with van der Waals surface area (Å²) in [5.41, 5.74) is 0.552. The summed E-state index contributed by atoms with van der Waals surface area (Å²) < 4.78 is 0. The fourth-order valence-corrected chi connectivity index (χ4v) is 2.50. The number of rotatable bonds is 4. The van der Waals surface area contributed by atoms with Gasteiger partial charge in [-0.15, -0.1) is 11.8 Å². The minimum absolute atomic E-state index is 0.552. The van der Waals surface area contributed by atoms with Gasteiger partial charge in [-0.05, 0) is 44.6 Å². The second-order valence-electron chi connectivity index (χ2n) is 4.73. The summed E-state index contributed by atoms with van der Waals surface area (Å²) in [5.74, 6) is 6.16. The van der Waals surface area contributed by atoms with Crippen LogP contribution in [0.4, 0.5) is 0 Å². The first kappa shape index (κ1) is 11.6. The normalized spacial score (nSPS) is 31.2. The van der Waals surface area contributed by atoms with Gasteiger partial charge < -0.3 is 5.32 Å². The van der Waals surface area contributed by atoms with Crippen LogP contribution in [0.2, 0.25) is 0 Å². The number of nitrogens with one attached hydrogen (secondary N) is 1. The highest BCUT2D eigenvalue weighted by Gasteiger charge is 2.33. The molecule has 0 saturated heterocycles. The summed E-state index contributed by atoms with van der Waals surface area (Å²) in [7, 11) is 0. The van der Waals surface area contributed by atoms with E-state index in [1.165, 1.54) is 25.7 Å². The molecule has 0 spiro atoms. The van der Waals surface area contributed by atoms with Crippen LogP contribution >= 0.6 is 0 Å². The van der Waals surface area contributed by atoms with Gasteiger partial charge in [-0.3, -0.25) is 0 Å². The Morgan fingerprint density at radius 3 is 2.93 bits per heavy atom. The maximum absolute atomic E-state index is 3.55. The summed E-state index contributed by atoms with van der Waals surface area (Å²) in [6.45, 7) is 7.65. The molecule has 2 atom stereocenters. The molecule has 0 amide bonds. The average molecular weight is 193 g/mol. The molecule has 1 heteroatoms. The summed E-state index contributed by atoms with van der Waals surface area (Å²) in [6, 6.07) is 0.764. The molecule has 0 radical (unpaired) electrons. The Morgan fingerprint density at radius 2 is 2.29 bits per heavy atom. The van der Waals surface area contributed by atoms with Crippen molar-refractivity contribution in [3.8, 4) is 11.8 Å². The maximum atomic E-state index is 3.55. The van der Waals surface area contributed by atoms with E-state index >= 15 is 0 Å². The summed E-state index contributed by atoms with van der Waals surface area (Å²) in [6.07, 6.45) is 6.41. The third-order valence-corrected chi connectivity index (χ3v) is 3.36. The van der Waals surface area contributed by atoms with E-state index in [-0.39, 0.29) is 0 Å². The van der Waals surface area contributed by atoms with Crippen LogP contribution in [-0.2, 0) is 0 Å². The van der Waals surface area contributed by atoms with E-state index in [0.717, 1.165) is 19.0 Å². The zero-order chi connectivity index (χ0) is 10.4. The molecular formula is C13H23N. The molecule has 0 heterocycles. The van der Waals surface area contributed by atoms with Crippen LogP contribution in [0, 0.1) is 17.3 Å². The average Bonchev–Trinajstić information content (AvgIpc) is 2.49. The molecule has 2 unspecified atom stereocenters. The Hall–Kier alpha value is -0.480. The Labute approximate surface area is 88.7 Å². The van der Waals surface area contributed by atoms with Crippen LogP contribution in [0.5, 0.6) is 0 Å². The van der Waals surface area contributed by atoms with E-state index in [0.29, 0.717) is 5.41 Å². The quantitative estimate of drug-likeness (QED) is 0.677. The Kier molecular flexibility index (Phi) is 4.48. The van der Waals surface area contributed by atoms with Crippen molar-refractivity contribution < 1.29 is 0 Å². The van der Waals surface area contributed by atoms with Crippen molar-refractivity contribution in [3.05, 3.63) is 0 Å². The monoisotopic (exact) mass is 193 g/mol. The lowest BCUT2D eigenvalue weighted by Crippen LogP contribution is -2.27. The van der Waals surface area contributed by atoms with Gasteiger partial charge in [0, 0.05) is 12.5 Å². The van der Waals surface area contributed by atoms with Crippen molar-refractivity contribution in [2.45, 2.75) is 58.9 Å². The standard InChI is InChI=1S/C13H23N/c1-4-6-7-9-13(3)10-8-12(11-13)14-5-2/h12,14H,5,7-11H2,1-3H3. The molecule has 0 aromatic rings. The smallest absolute Gasteiger partial charge is 0.00937 e. The Morgan fingerprint density at radius 1 is 1.50 bits per heavy atom. The van der Waals surface area contributed by atoms with Crippen LogP contribution < -0.4 is 5.32 Å². The van der Waals surface area contributed by atoms with Crippen LogP contribution in [0.15, 0.2) is 0 Å². The third-order valence-electron chi connectivity index (χ3n) is 3.36. The van der Waals surface area contributed by atoms with Crippen molar-refractivity contribution in [1.82, 2.24) is 5.32 Å². The van der Waals surface area contributed by atoms with Crippen molar-refractivity contribution >= 4 is 0 Å². The van der Waals surface area contributed by atoms with Gasteiger partial charge in [0.1, 0.15) is 0 Å². The lowest BCUT2D eigenvalue weighted by atomic mass is 9.84. The molecule has 80 valence electrons. The summed E-state index contributed by atoms with van der Waals surface area (Å²) in [5, 5.41) is 3.55. The minimum Gasteiger partial charge on any atom is -0.314 e. The molecule has 1 N–H and O–H groups in total. The van der Waals surface area contributed by atoms with Gasteiger partial charge in [0.25, 0.3) is 0 Å². The van der Waals surface area contributed by atoms with Gasteiger partial charge in [-0.2, -0.15) is 0 Å². The van der Waals surface area contributed by atoms with E-state index < -0.39 is 0 Å². The van der Waals surface area contributed by atoms with Gasteiger partial charge in [0.2, 0.25) is 0 Å². The second-order valence-corrected chi connectivity index (χ2v) is 4.73. The lowest BCUT2D eigenvalue weighted by Gasteiger charge is -2.23.